The van der Waals surface area contributed by atoms with Crippen LogP contribution in [0.25, 0.3) is 0 Å². The highest BCUT2D eigenvalue weighted by Crippen LogP contribution is 2.23. The minimum Gasteiger partial charge on any atom is -0.326 e. The van der Waals surface area contributed by atoms with Crippen molar-refractivity contribution >= 4 is 17.3 Å². The molecule has 5 heteroatoms. The number of aryl methyl sites for hydroxylation is 1. The molecule has 80 valence electrons. The summed E-state index contributed by atoms with van der Waals surface area (Å²) < 4.78 is 0. The number of rotatable bonds is 3. The Balaban J connectivity index is 3.10. The molecule has 0 aliphatic heterocycles. The lowest BCUT2D eigenvalue weighted by molar-refractivity contribution is -0.385. The van der Waals surface area contributed by atoms with Gasteiger partial charge in [0.1, 0.15) is 0 Å². The van der Waals surface area contributed by atoms with Crippen LogP contribution >= 0.6 is 0 Å². The first-order valence-electron chi connectivity index (χ1n) is 4.59. The number of nitrogens with zero attached hydrogens (tertiary/aromatic N) is 1. The van der Waals surface area contributed by atoms with Crippen LogP contribution in [0.5, 0.6) is 0 Å². The number of carbonyl (C=O) groups excluding carboxylic acids is 1. The minimum atomic E-state index is -0.440. The van der Waals surface area contributed by atoms with Crippen molar-refractivity contribution in [2.75, 3.05) is 5.32 Å². The number of nitro benzene ring substituents is 1. The summed E-state index contributed by atoms with van der Waals surface area (Å²) in [5, 5.41) is 13.2. The second kappa shape index (κ2) is 4.54. The van der Waals surface area contributed by atoms with E-state index in [9.17, 15) is 14.9 Å². The molecule has 0 aromatic heterocycles. The molecule has 0 saturated heterocycles. The molecule has 0 atom stereocenters. The summed E-state index contributed by atoms with van der Waals surface area (Å²) in [6.07, 6.45) is 0.594. The third-order valence-electron chi connectivity index (χ3n) is 1.98. The van der Waals surface area contributed by atoms with Crippen molar-refractivity contribution < 1.29 is 9.72 Å². The highest BCUT2D eigenvalue weighted by Gasteiger charge is 2.13. The van der Waals surface area contributed by atoms with Gasteiger partial charge in [-0.05, 0) is 12.5 Å². The van der Waals surface area contributed by atoms with E-state index in [1.807, 2.05) is 6.92 Å². The maximum absolute atomic E-state index is 10.8. The average Bonchev–Trinajstić information content (AvgIpc) is 2.16. The van der Waals surface area contributed by atoms with Crippen molar-refractivity contribution in [3.8, 4) is 0 Å². The van der Waals surface area contributed by atoms with E-state index in [0.717, 1.165) is 0 Å². The molecule has 0 fully saturated rings. The topological polar surface area (TPSA) is 72.2 Å². The lowest BCUT2D eigenvalue weighted by atomic mass is 10.1. The SMILES string of the molecule is CCc1ccc(NC(C)=O)cc1[N+](=O)[O-]. The quantitative estimate of drug-likeness (QED) is 0.610. The normalized spacial score (nSPS) is 9.73. The molecule has 0 radical (unpaired) electrons. The van der Waals surface area contributed by atoms with Crippen molar-refractivity contribution in [2.24, 2.45) is 0 Å². The van der Waals surface area contributed by atoms with Crippen molar-refractivity contribution in [1.82, 2.24) is 0 Å². The highest BCUT2D eigenvalue weighted by atomic mass is 16.6. The van der Waals surface area contributed by atoms with Gasteiger partial charge in [-0.25, -0.2) is 0 Å². The number of anilines is 1. The van der Waals surface area contributed by atoms with E-state index in [2.05, 4.69) is 5.32 Å². The highest BCUT2D eigenvalue weighted by molar-refractivity contribution is 5.89. The zero-order valence-electron chi connectivity index (χ0n) is 8.61. The summed E-state index contributed by atoms with van der Waals surface area (Å²) in [5.41, 5.74) is 1.16. The zero-order valence-corrected chi connectivity index (χ0v) is 8.61. The van der Waals surface area contributed by atoms with Crippen LogP contribution < -0.4 is 5.32 Å². The van der Waals surface area contributed by atoms with Gasteiger partial charge in [-0.15, -0.1) is 0 Å². The lowest BCUT2D eigenvalue weighted by Crippen LogP contribution is -2.06. The Morgan fingerprint density at radius 1 is 1.53 bits per heavy atom. The van der Waals surface area contributed by atoms with Gasteiger partial charge in [-0.1, -0.05) is 13.0 Å². The van der Waals surface area contributed by atoms with Gasteiger partial charge < -0.3 is 5.32 Å². The van der Waals surface area contributed by atoms with Gasteiger partial charge in [0.2, 0.25) is 5.91 Å². The van der Waals surface area contributed by atoms with Crippen LogP contribution in [0.4, 0.5) is 11.4 Å². The first-order valence-corrected chi connectivity index (χ1v) is 4.59. The molecular formula is C10H12N2O3. The molecule has 0 aliphatic carbocycles. The summed E-state index contributed by atoms with van der Waals surface area (Å²) >= 11 is 0. The van der Waals surface area contributed by atoms with Crippen molar-refractivity contribution in [1.29, 1.82) is 0 Å². The molecule has 0 unspecified atom stereocenters. The smallest absolute Gasteiger partial charge is 0.274 e. The van der Waals surface area contributed by atoms with Crippen LogP contribution in [-0.2, 0) is 11.2 Å². The maximum atomic E-state index is 10.8. The first-order chi connectivity index (χ1) is 7.04. The zero-order chi connectivity index (χ0) is 11.4. The average molecular weight is 208 g/mol. The summed E-state index contributed by atoms with van der Waals surface area (Å²) in [7, 11) is 0. The number of benzene rings is 1. The molecule has 1 aromatic rings. The second-order valence-electron chi connectivity index (χ2n) is 3.14. The van der Waals surface area contributed by atoms with Gasteiger partial charge in [0.25, 0.3) is 5.69 Å². The maximum Gasteiger partial charge on any atom is 0.274 e. The molecule has 1 rings (SSSR count). The fourth-order valence-corrected chi connectivity index (χ4v) is 1.31. The van der Waals surface area contributed by atoms with Crippen LogP contribution in [-0.4, -0.2) is 10.8 Å². The third-order valence-corrected chi connectivity index (χ3v) is 1.98. The van der Waals surface area contributed by atoms with E-state index in [0.29, 0.717) is 17.7 Å². The molecular weight excluding hydrogens is 196 g/mol. The molecule has 1 N–H and O–H groups in total. The number of hydrogen-bond acceptors (Lipinski definition) is 3. The Hall–Kier alpha value is -1.91. The molecule has 0 saturated carbocycles. The molecule has 0 heterocycles. The fourth-order valence-electron chi connectivity index (χ4n) is 1.31. The third kappa shape index (κ3) is 2.77. The summed E-state index contributed by atoms with van der Waals surface area (Å²) in [6, 6.07) is 4.69. The van der Waals surface area contributed by atoms with Crippen LogP contribution in [0, 0.1) is 10.1 Å². The van der Waals surface area contributed by atoms with Crippen molar-refractivity contribution in [2.45, 2.75) is 20.3 Å². The van der Waals surface area contributed by atoms with Gasteiger partial charge in [-0.2, -0.15) is 0 Å². The van der Waals surface area contributed by atoms with Gasteiger partial charge in [0, 0.05) is 24.2 Å². The van der Waals surface area contributed by atoms with E-state index in [1.165, 1.54) is 13.0 Å². The predicted octanol–water partition coefficient (Wildman–Crippen LogP) is 2.12. The number of nitrogens with one attached hydrogen (secondary N) is 1. The van der Waals surface area contributed by atoms with Crippen LogP contribution in [0.3, 0.4) is 0 Å². The van der Waals surface area contributed by atoms with Gasteiger partial charge >= 0.3 is 0 Å². The number of nitro groups is 1. The Morgan fingerprint density at radius 3 is 2.67 bits per heavy atom. The molecule has 15 heavy (non-hydrogen) atoms. The molecule has 0 spiro atoms. The number of amides is 1. The lowest BCUT2D eigenvalue weighted by Gasteiger charge is -2.04. The fraction of sp³-hybridized carbons (Fsp3) is 0.300. The summed E-state index contributed by atoms with van der Waals surface area (Å²) in [4.78, 5) is 21.0. The monoisotopic (exact) mass is 208 g/mol. The van der Waals surface area contributed by atoms with Gasteiger partial charge in [-0.3, -0.25) is 14.9 Å². The minimum absolute atomic E-state index is 0.0451. The van der Waals surface area contributed by atoms with Gasteiger partial charge in [0.05, 0.1) is 4.92 Å². The summed E-state index contributed by atoms with van der Waals surface area (Å²) in [5.74, 6) is -0.242. The Morgan fingerprint density at radius 2 is 2.20 bits per heavy atom. The molecule has 1 aromatic carbocycles. The van der Waals surface area contributed by atoms with Crippen molar-refractivity contribution in [3.05, 3.63) is 33.9 Å². The van der Waals surface area contributed by atoms with E-state index in [4.69, 9.17) is 0 Å². The molecule has 0 aliphatic rings. The van der Waals surface area contributed by atoms with Gasteiger partial charge in [0.15, 0.2) is 0 Å². The Kier molecular flexibility index (Phi) is 3.38. The number of hydrogen-bond donors (Lipinski definition) is 1. The molecule has 1 amide bonds. The van der Waals surface area contributed by atoms with E-state index < -0.39 is 4.92 Å². The molecule has 0 bridgehead atoms. The van der Waals surface area contributed by atoms with Crippen molar-refractivity contribution in [3.63, 3.8) is 0 Å². The Labute approximate surface area is 87.3 Å². The summed E-state index contributed by atoms with van der Waals surface area (Å²) in [6.45, 7) is 3.21. The van der Waals surface area contributed by atoms with Crippen LogP contribution in [0.15, 0.2) is 18.2 Å². The second-order valence-corrected chi connectivity index (χ2v) is 3.14. The number of carbonyl (C=O) groups is 1. The standard InChI is InChI=1S/C10H12N2O3/c1-3-8-4-5-9(11-7(2)13)6-10(8)12(14)15/h4-6H,3H2,1-2H3,(H,11,13). The molecule has 5 nitrogen and oxygen atoms in total. The van der Waals surface area contributed by atoms with Crippen LogP contribution in [0.2, 0.25) is 0 Å². The van der Waals surface area contributed by atoms with E-state index in [-0.39, 0.29) is 11.6 Å². The first kappa shape index (κ1) is 11.2. The predicted molar refractivity (Wildman–Crippen MR) is 56.8 cm³/mol. The Bertz CT molecular complexity index is 402. The van der Waals surface area contributed by atoms with E-state index >= 15 is 0 Å². The van der Waals surface area contributed by atoms with E-state index in [1.54, 1.807) is 12.1 Å². The van der Waals surface area contributed by atoms with Crippen LogP contribution in [0.1, 0.15) is 19.4 Å². The largest absolute Gasteiger partial charge is 0.326 e.